The van der Waals surface area contributed by atoms with Crippen molar-refractivity contribution in [1.82, 2.24) is 4.90 Å². The van der Waals surface area contributed by atoms with Crippen LogP contribution in [0.4, 0.5) is 0 Å². The first-order chi connectivity index (χ1) is 11.3. The lowest BCUT2D eigenvalue weighted by Crippen LogP contribution is -2.30. The largest absolute Gasteiger partial charge is 0.508 e. The van der Waals surface area contributed by atoms with Crippen LogP contribution in [0.2, 0.25) is 0 Å². The summed E-state index contributed by atoms with van der Waals surface area (Å²) in [6, 6.07) is 15.5. The van der Waals surface area contributed by atoms with E-state index in [4.69, 9.17) is 0 Å². The summed E-state index contributed by atoms with van der Waals surface area (Å²) >= 11 is 1.63. The molecule has 2 aromatic carbocycles. The van der Waals surface area contributed by atoms with Gasteiger partial charge in [0.25, 0.3) is 0 Å². The molecular weight excluding hydrogens is 306 g/mol. The molecule has 1 amide bonds. The quantitative estimate of drug-likeness (QED) is 0.780. The van der Waals surface area contributed by atoms with Crippen molar-refractivity contribution in [2.75, 3.05) is 6.54 Å². The Labute approximate surface area is 138 Å². The maximum absolute atomic E-state index is 12.4. The predicted molar refractivity (Wildman–Crippen MR) is 92.7 cm³/mol. The molecule has 0 aliphatic carbocycles. The van der Waals surface area contributed by atoms with E-state index in [1.54, 1.807) is 17.4 Å². The van der Waals surface area contributed by atoms with Crippen LogP contribution in [0.15, 0.2) is 53.9 Å². The van der Waals surface area contributed by atoms with E-state index in [-0.39, 0.29) is 17.7 Å². The fraction of sp³-hybridized carbons (Fsp3) is 0.211. The molecule has 1 unspecified atom stereocenters. The van der Waals surface area contributed by atoms with Crippen molar-refractivity contribution in [2.45, 2.75) is 18.9 Å². The van der Waals surface area contributed by atoms with Crippen LogP contribution in [-0.4, -0.2) is 22.5 Å². The fourth-order valence-corrected chi connectivity index (χ4v) is 4.26. The van der Waals surface area contributed by atoms with Gasteiger partial charge in [-0.1, -0.05) is 36.4 Å². The lowest BCUT2D eigenvalue weighted by Gasteiger charge is -2.29. The van der Waals surface area contributed by atoms with Crippen LogP contribution in [0, 0.1) is 0 Å². The number of likely N-dealkylation sites (tertiary alicyclic amines) is 1. The molecule has 4 rings (SSSR count). The summed E-state index contributed by atoms with van der Waals surface area (Å²) in [4.78, 5) is 15.4. The molecule has 2 heterocycles. The van der Waals surface area contributed by atoms with Gasteiger partial charge >= 0.3 is 0 Å². The highest BCUT2D eigenvalue weighted by Crippen LogP contribution is 2.42. The molecule has 1 aromatic heterocycles. The number of thiophene rings is 1. The number of hydrogen-bond donors (Lipinski definition) is 1. The lowest BCUT2D eigenvalue weighted by atomic mass is 9.95. The summed E-state index contributed by atoms with van der Waals surface area (Å²) < 4.78 is 0. The molecule has 1 fully saturated rings. The van der Waals surface area contributed by atoms with E-state index in [1.165, 1.54) is 0 Å². The van der Waals surface area contributed by atoms with E-state index in [0.717, 1.165) is 34.2 Å². The van der Waals surface area contributed by atoms with E-state index < -0.39 is 0 Å². The fourth-order valence-electron chi connectivity index (χ4n) is 3.41. The van der Waals surface area contributed by atoms with Gasteiger partial charge in [0.15, 0.2) is 0 Å². The number of benzene rings is 2. The molecule has 0 radical (unpaired) electrons. The van der Waals surface area contributed by atoms with Gasteiger partial charge in [-0.3, -0.25) is 4.79 Å². The van der Waals surface area contributed by atoms with Gasteiger partial charge < -0.3 is 10.0 Å². The molecule has 23 heavy (non-hydrogen) atoms. The minimum Gasteiger partial charge on any atom is -0.508 e. The monoisotopic (exact) mass is 323 g/mol. The number of hydrogen-bond acceptors (Lipinski definition) is 3. The van der Waals surface area contributed by atoms with Gasteiger partial charge in [0.2, 0.25) is 5.91 Å². The molecule has 1 N–H and O–H groups in total. The summed E-state index contributed by atoms with van der Waals surface area (Å²) in [6.07, 6.45) is 1.47. The van der Waals surface area contributed by atoms with E-state index >= 15 is 0 Å². The lowest BCUT2D eigenvalue weighted by molar-refractivity contribution is -0.129. The number of rotatable bonds is 3. The van der Waals surface area contributed by atoms with Crippen LogP contribution in [0.1, 0.15) is 29.3 Å². The number of aromatic hydroxyl groups is 1. The van der Waals surface area contributed by atoms with Crippen LogP contribution < -0.4 is 0 Å². The molecule has 1 aliphatic rings. The Morgan fingerprint density at radius 2 is 1.96 bits per heavy atom. The third kappa shape index (κ3) is 2.39. The first-order valence-electron chi connectivity index (χ1n) is 7.79. The topological polar surface area (TPSA) is 40.5 Å². The molecular formula is C19H17NO2S. The second kappa shape index (κ2) is 5.70. The number of fused-ring (bicyclic) bond motifs is 1. The zero-order valence-corrected chi connectivity index (χ0v) is 13.4. The van der Waals surface area contributed by atoms with Crippen LogP contribution >= 0.6 is 11.3 Å². The van der Waals surface area contributed by atoms with Crippen molar-refractivity contribution >= 4 is 28.0 Å². The molecule has 1 atom stereocenters. The van der Waals surface area contributed by atoms with Crippen molar-refractivity contribution in [3.63, 3.8) is 0 Å². The van der Waals surface area contributed by atoms with Gasteiger partial charge in [0.05, 0.1) is 6.04 Å². The zero-order chi connectivity index (χ0) is 15.8. The Bertz CT molecular complexity index is 857. The van der Waals surface area contributed by atoms with Crippen molar-refractivity contribution in [3.05, 3.63) is 64.4 Å². The van der Waals surface area contributed by atoms with Crippen molar-refractivity contribution in [3.8, 4) is 5.75 Å². The van der Waals surface area contributed by atoms with Crippen LogP contribution in [-0.2, 0) is 4.79 Å². The smallest absolute Gasteiger partial charge is 0.223 e. The van der Waals surface area contributed by atoms with Crippen molar-refractivity contribution in [1.29, 1.82) is 0 Å². The van der Waals surface area contributed by atoms with Crippen LogP contribution in [0.25, 0.3) is 10.8 Å². The molecule has 1 aliphatic heterocycles. The Kier molecular flexibility index (Phi) is 3.54. The highest BCUT2D eigenvalue weighted by Gasteiger charge is 2.33. The maximum atomic E-state index is 12.4. The van der Waals surface area contributed by atoms with Crippen molar-refractivity contribution < 1.29 is 9.90 Å². The zero-order valence-electron chi connectivity index (χ0n) is 12.6. The number of amides is 1. The molecule has 3 nitrogen and oxygen atoms in total. The number of carbonyl (C=O) groups is 1. The maximum Gasteiger partial charge on any atom is 0.223 e. The first kappa shape index (κ1) is 14.3. The van der Waals surface area contributed by atoms with Crippen LogP contribution in [0.5, 0.6) is 5.75 Å². The van der Waals surface area contributed by atoms with E-state index in [1.807, 2.05) is 52.7 Å². The Balaban J connectivity index is 1.97. The van der Waals surface area contributed by atoms with Gasteiger partial charge in [0.1, 0.15) is 5.75 Å². The highest BCUT2D eigenvalue weighted by molar-refractivity contribution is 7.10. The Morgan fingerprint density at radius 1 is 1.09 bits per heavy atom. The SMILES string of the molecule is O=C1CCCN1C(c1cccs1)c1c(O)ccc2ccccc12. The van der Waals surface area contributed by atoms with Crippen LogP contribution in [0.3, 0.4) is 0 Å². The minimum absolute atomic E-state index is 0.163. The second-order valence-electron chi connectivity index (χ2n) is 5.83. The van der Waals surface area contributed by atoms with E-state index in [0.29, 0.717) is 6.42 Å². The minimum atomic E-state index is -0.212. The third-order valence-electron chi connectivity index (χ3n) is 4.46. The first-order valence-corrected chi connectivity index (χ1v) is 8.67. The van der Waals surface area contributed by atoms with E-state index in [9.17, 15) is 9.90 Å². The third-order valence-corrected chi connectivity index (χ3v) is 5.38. The molecule has 0 bridgehead atoms. The van der Waals surface area contributed by atoms with E-state index in [2.05, 4.69) is 0 Å². The highest BCUT2D eigenvalue weighted by atomic mass is 32.1. The molecule has 1 saturated heterocycles. The summed E-state index contributed by atoms with van der Waals surface area (Å²) in [5.74, 6) is 0.414. The number of nitrogens with zero attached hydrogens (tertiary/aromatic N) is 1. The van der Waals surface area contributed by atoms with Gasteiger partial charge in [-0.05, 0) is 34.7 Å². The summed E-state index contributed by atoms with van der Waals surface area (Å²) in [5, 5.41) is 14.7. The molecule has 4 heteroatoms. The number of carbonyl (C=O) groups excluding carboxylic acids is 1. The number of phenols is 1. The average Bonchev–Trinajstić information content (AvgIpc) is 3.23. The Hall–Kier alpha value is -2.33. The van der Waals surface area contributed by atoms with Gasteiger partial charge in [-0.25, -0.2) is 0 Å². The second-order valence-corrected chi connectivity index (χ2v) is 6.81. The van der Waals surface area contributed by atoms with Gasteiger partial charge in [0, 0.05) is 23.4 Å². The van der Waals surface area contributed by atoms with Gasteiger partial charge in [-0.15, -0.1) is 11.3 Å². The van der Waals surface area contributed by atoms with Gasteiger partial charge in [-0.2, -0.15) is 0 Å². The average molecular weight is 323 g/mol. The normalized spacial score (nSPS) is 16.2. The summed E-state index contributed by atoms with van der Waals surface area (Å²) in [5.41, 5.74) is 0.834. The van der Waals surface area contributed by atoms with Crippen molar-refractivity contribution in [2.24, 2.45) is 0 Å². The molecule has 116 valence electrons. The summed E-state index contributed by atoms with van der Waals surface area (Å²) in [6.45, 7) is 0.740. The number of phenolic OH excluding ortho intramolecular Hbond substituents is 1. The predicted octanol–water partition coefficient (Wildman–Crippen LogP) is 4.32. The standard InChI is InChI=1S/C19H17NO2S/c21-15-10-9-13-5-1-2-6-14(13)18(15)19(16-7-4-12-23-16)20-11-3-8-17(20)22/h1-2,4-7,9-10,12,19,21H,3,8,11H2. The molecule has 3 aromatic rings. The molecule has 0 spiro atoms. The summed E-state index contributed by atoms with van der Waals surface area (Å²) in [7, 11) is 0. The molecule has 0 saturated carbocycles. The Morgan fingerprint density at radius 3 is 2.70 bits per heavy atom.